The molecule has 2 aromatic rings. The van der Waals surface area contributed by atoms with Gasteiger partial charge in [-0.3, -0.25) is 14.6 Å². The Morgan fingerprint density at radius 3 is 2.68 bits per heavy atom. The fraction of sp³-hybridized carbons (Fsp3) is 0.600. The lowest BCUT2D eigenvalue weighted by Crippen LogP contribution is -2.18. The van der Waals surface area contributed by atoms with Crippen LogP contribution in [0.2, 0.25) is 0 Å². The molecule has 1 aliphatic rings. The third-order valence-corrected chi connectivity index (χ3v) is 4.29. The highest BCUT2D eigenvalue weighted by atomic mass is 16.1. The Morgan fingerprint density at radius 2 is 2.00 bits per heavy atom. The number of imidazole rings is 1. The first-order valence-electron chi connectivity index (χ1n) is 7.73. The molecule has 0 radical (unpaired) electrons. The maximum Gasteiger partial charge on any atom is 0.301 e. The van der Waals surface area contributed by atoms with E-state index in [1.54, 1.807) is 25.3 Å². The summed E-state index contributed by atoms with van der Waals surface area (Å²) in [4.78, 5) is 37.0. The summed E-state index contributed by atoms with van der Waals surface area (Å²) in [5.41, 5.74) is -0.317. The smallest absolute Gasteiger partial charge is 0.301 e. The standard InChI is InChI=1S/C15H21N5O2/c1-19(2)15-17-13(21)11-12(14(22)18-15)20(9-16-11)8-10-6-4-3-5-7-10/h9-10H,3-8H2,1-2H3,(H,17,18,21,22). The first-order chi connectivity index (χ1) is 10.6. The summed E-state index contributed by atoms with van der Waals surface area (Å²) in [5.74, 6) is 0.796. The second-order valence-electron chi connectivity index (χ2n) is 6.19. The molecule has 0 amide bonds. The number of nitrogens with one attached hydrogen (secondary N) is 1. The Kier molecular flexibility index (Phi) is 3.96. The normalized spacial score (nSPS) is 16.1. The first-order valence-corrected chi connectivity index (χ1v) is 7.73. The Balaban J connectivity index is 2.09. The predicted molar refractivity (Wildman–Crippen MR) is 85.3 cm³/mol. The average molecular weight is 303 g/mol. The molecular weight excluding hydrogens is 282 g/mol. The van der Waals surface area contributed by atoms with Crippen LogP contribution >= 0.6 is 0 Å². The van der Waals surface area contributed by atoms with E-state index in [1.165, 1.54) is 32.1 Å². The zero-order valence-electron chi connectivity index (χ0n) is 13.0. The first kappa shape index (κ1) is 14.7. The molecule has 0 saturated heterocycles. The number of hydrogen-bond donors (Lipinski definition) is 1. The SMILES string of the molecule is CN(C)c1nc(=O)c2ncn(CC3CCCCC3)c2c(=O)[nH]1. The lowest BCUT2D eigenvalue weighted by atomic mass is 9.89. The lowest BCUT2D eigenvalue weighted by Gasteiger charge is -2.21. The molecule has 3 rings (SSSR count). The van der Waals surface area contributed by atoms with Crippen LogP contribution < -0.4 is 16.0 Å². The summed E-state index contributed by atoms with van der Waals surface area (Å²) in [5, 5.41) is 0. The van der Waals surface area contributed by atoms with Crippen LogP contribution in [0.5, 0.6) is 0 Å². The molecule has 1 saturated carbocycles. The number of hydrogen-bond acceptors (Lipinski definition) is 5. The van der Waals surface area contributed by atoms with Crippen molar-refractivity contribution >= 4 is 17.0 Å². The Hall–Kier alpha value is -2.18. The quantitative estimate of drug-likeness (QED) is 0.919. The van der Waals surface area contributed by atoms with Gasteiger partial charge >= 0.3 is 5.56 Å². The minimum absolute atomic E-state index is 0.144. The van der Waals surface area contributed by atoms with Crippen molar-refractivity contribution in [1.29, 1.82) is 0 Å². The van der Waals surface area contributed by atoms with Crippen molar-refractivity contribution in [1.82, 2.24) is 19.5 Å². The highest BCUT2D eigenvalue weighted by Crippen LogP contribution is 2.25. The molecule has 0 aliphatic heterocycles. The monoisotopic (exact) mass is 303 g/mol. The third kappa shape index (κ3) is 2.75. The molecule has 0 spiro atoms. The molecule has 7 heteroatoms. The molecule has 0 bridgehead atoms. The zero-order chi connectivity index (χ0) is 15.7. The summed E-state index contributed by atoms with van der Waals surface area (Å²) in [7, 11) is 3.46. The van der Waals surface area contributed by atoms with Crippen molar-refractivity contribution in [2.75, 3.05) is 19.0 Å². The van der Waals surface area contributed by atoms with E-state index in [9.17, 15) is 9.59 Å². The molecule has 1 aliphatic carbocycles. The van der Waals surface area contributed by atoms with Gasteiger partial charge in [-0.2, -0.15) is 4.98 Å². The second-order valence-corrected chi connectivity index (χ2v) is 6.19. The maximum absolute atomic E-state index is 12.5. The fourth-order valence-corrected chi connectivity index (χ4v) is 3.11. The van der Waals surface area contributed by atoms with E-state index in [-0.39, 0.29) is 17.0 Å². The number of rotatable bonds is 3. The van der Waals surface area contributed by atoms with Crippen molar-refractivity contribution in [2.45, 2.75) is 38.6 Å². The van der Waals surface area contributed by atoms with Crippen LogP contribution in [0.25, 0.3) is 11.0 Å². The molecule has 2 aromatic heterocycles. The number of aromatic amines is 1. The molecule has 1 N–H and O–H groups in total. The van der Waals surface area contributed by atoms with Crippen molar-refractivity contribution in [3.63, 3.8) is 0 Å². The van der Waals surface area contributed by atoms with Crippen molar-refractivity contribution in [2.24, 2.45) is 5.92 Å². The topological polar surface area (TPSA) is 83.9 Å². The Labute approximate surface area is 128 Å². The van der Waals surface area contributed by atoms with E-state index >= 15 is 0 Å². The highest BCUT2D eigenvalue weighted by molar-refractivity contribution is 5.72. The number of anilines is 1. The lowest BCUT2D eigenvalue weighted by molar-refractivity contribution is 0.322. The molecular formula is C15H21N5O2. The van der Waals surface area contributed by atoms with Crippen molar-refractivity contribution in [3.8, 4) is 0 Å². The van der Waals surface area contributed by atoms with Gasteiger partial charge in [-0.05, 0) is 18.8 Å². The van der Waals surface area contributed by atoms with Crippen LogP contribution in [-0.2, 0) is 6.54 Å². The van der Waals surface area contributed by atoms with Crippen LogP contribution in [0.4, 0.5) is 5.95 Å². The summed E-state index contributed by atoms with van der Waals surface area (Å²) >= 11 is 0. The average Bonchev–Trinajstić information content (AvgIpc) is 2.85. The summed E-state index contributed by atoms with van der Waals surface area (Å²) in [6.07, 6.45) is 7.69. The van der Waals surface area contributed by atoms with Gasteiger partial charge in [-0.15, -0.1) is 0 Å². The summed E-state index contributed by atoms with van der Waals surface area (Å²) in [6, 6.07) is 0. The minimum atomic E-state index is -0.473. The van der Waals surface area contributed by atoms with E-state index in [1.807, 2.05) is 4.57 Å². The van der Waals surface area contributed by atoms with Gasteiger partial charge in [0, 0.05) is 20.6 Å². The zero-order valence-corrected chi connectivity index (χ0v) is 13.0. The van der Waals surface area contributed by atoms with E-state index in [4.69, 9.17) is 0 Å². The molecule has 1 fully saturated rings. The molecule has 0 aromatic carbocycles. The van der Waals surface area contributed by atoms with Gasteiger partial charge in [0.15, 0.2) is 5.52 Å². The molecule has 22 heavy (non-hydrogen) atoms. The van der Waals surface area contributed by atoms with Gasteiger partial charge in [0.25, 0.3) is 5.56 Å². The van der Waals surface area contributed by atoms with Gasteiger partial charge in [0.2, 0.25) is 5.95 Å². The Morgan fingerprint density at radius 1 is 1.27 bits per heavy atom. The third-order valence-electron chi connectivity index (χ3n) is 4.29. The molecule has 2 heterocycles. The number of nitrogens with zero attached hydrogens (tertiary/aromatic N) is 4. The largest absolute Gasteiger partial charge is 0.348 e. The van der Waals surface area contributed by atoms with Crippen LogP contribution in [0.3, 0.4) is 0 Å². The fourth-order valence-electron chi connectivity index (χ4n) is 3.11. The van der Waals surface area contributed by atoms with Gasteiger partial charge in [0.05, 0.1) is 6.33 Å². The highest BCUT2D eigenvalue weighted by Gasteiger charge is 2.17. The number of aromatic nitrogens is 4. The van der Waals surface area contributed by atoms with Gasteiger partial charge in [0.1, 0.15) is 5.52 Å². The van der Waals surface area contributed by atoms with Crippen LogP contribution in [0, 0.1) is 5.92 Å². The molecule has 7 nitrogen and oxygen atoms in total. The second kappa shape index (κ2) is 5.90. The summed E-state index contributed by atoms with van der Waals surface area (Å²) in [6.45, 7) is 0.736. The number of H-pyrrole nitrogens is 1. The Bertz CT molecular complexity index is 787. The molecule has 0 unspecified atom stereocenters. The number of fused-ring (bicyclic) bond motifs is 1. The minimum Gasteiger partial charge on any atom is -0.348 e. The van der Waals surface area contributed by atoms with Gasteiger partial charge < -0.3 is 9.47 Å². The van der Waals surface area contributed by atoms with E-state index in [2.05, 4.69) is 15.0 Å². The summed E-state index contributed by atoms with van der Waals surface area (Å²) < 4.78 is 1.81. The van der Waals surface area contributed by atoms with E-state index < -0.39 is 5.56 Å². The molecule has 118 valence electrons. The molecule has 0 atom stereocenters. The maximum atomic E-state index is 12.5. The predicted octanol–water partition coefficient (Wildman–Crippen LogP) is 1.13. The van der Waals surface area contributed by atoms with Crippen LogP contribution in [-0.4, -0.2) is 33.6 Å². The van der Waals surface area contributed by atoms with Crippen LogP contribution in [0.1, 0.15) is 32.1 Å². The van der Waals surface area contributed by atoms with E-state index in [0.717, 1.165) is 6.54 Å². The van der Waals surface area contributed by atoms with Gasteiger partial charge in [-0.25, -0.2) is 4.98 Å². The van der Waals surface area contributed by atoms with Crippen molar-refractivity contribution in [3.05, 3.63) is 27.0 Å². The van der Waals surface area contributed by atoms with Crippen LogP contribution in [0.15, 0.2) is 15.9 Å². The van der Waals surface area contributed by atoms with Crippen molar-refractivity contribution < 1.29 is 0 Å². The van der Waals surface area contributed by atoms with E-state index in [0.29, 0.717) is 11.4 Å². The van der Waals surface area contributed by atoms with Gasteiger partial charge in [-0.1, -0.05) is 19.3 Å².